The summed E-state index contributed by atoms with van der Waals surface area (Å²) < 4.78 is 0. The van der Waals surface area contributed by atoms with Crippen LogP contribution in [-0.4, -0.2) is 41.3 Å². The topological polar surface area (TPSA) is 12.4 Å². The predicted octanol–water partition coefficient (Wildman–Crippen LogP) is 6.48. The van der Waals surface area contributed by atoms with Gasteiger partial charge in [-0.05, 0) is 44.3 Å². The first-order valence-corrected chi connectivity index (χ1v) is 9.51. The van der Waals surface area contributed by atoms with Crippen LogP contribution in [0.5, 0.6) is 0 Å². The fourth-order valence-electron chi connectivity index (χ4n) is 2.48. The Morgan fingerprint density at radius 3 is 1.68 bits per heavy atom. The number of hydrogen-bond acceptors (Lipinski definition) is 2. The van der Waals surface area contributed by atoms with E-state index >= 15 is 0 Å². The fraction of sp³-hybridized carbons (Fsp3) is 0.842. The van der Waals surface area contributed by atoms with E-state index < -0.39 is 0 Å². The first kappa shape index (κ1) is 24.8. The Hall–Kier alpha value is 0.540. The van der Waals surface area contributed by atoms with Gasteiger partial charge in [-0.3, -0.25) is 0 Å². The van der Waals surface area contributed by atoms with Crippen molar-refractivity contribution < 1.29 is 0 Å². The van der Waals surface area contributed by atoms with Crippen LogP contribution >= 0.6 is 12.2 Å². The summed E-state index contributed by atoms with van der Waals surface area (Å²) in [5, 5.41) is 2.42. The van der Waals surface area contributed by atoms with E-state index in [1.807, 2.05) is 0 Å². The second-order valence-corrected chi connectivity index (χ2v) is 6.09. The van der Waals surface area contributed by atoms with E-state index in [9.17, 15) is 0 Å². The van der Waals surface area contributed by atoms with E-state index in [0.717, 1.165) is 6.54 Å². The van der Waals surface area contributed by atoms with Crippen LogP contribution in [0.1, 0.15) is 96.8 Å². The third-order valence-corrected chi connectivity index (χ3v) is 3.98. The van der Waals surface area contributed by atoms with Gasteiger partial charge >= 0.3 is 29.6 Å². The molecule has 1 nitrogen and oxygen atoms in total. The average Bonchev–Trinajstić information content (AvgIpc) is 2.50. The molecule has 0 saturated heterocycles. The molecule has 0 atom stereocenters. The number of isothiocyanates is 1. The van der Waals surface area contributed by atoms with Gasteiger partial charge in [0.1, 0.15) is 0 Å². The molecule has 0 aromatic carbocycles. The molecule has 0 saturated carbocycles. The molecule has 0 bridgehead atoms. The van der Waals surface area contributed by atoms with Crippen molar-refractivity contribution in [1.82, 2.24) is 0 Å². The molecule has 22 heavy (non-hydrogen) atoms. The Morgan fingerprint density at radius 2 is 1.18 bits per heavy atom. The second kappa shape index (κ2) is 23.8. The maximum absolute atomic E-state index is 4.54. The zero-order chi connectivity index (χ0) is 15.4. The second-order valence-electron chi connectivity index (χ2n) is 5.91. The number of allylic oxidation sites excluding steroid dienone is 2. The van der Waals surface area contributed by atoms with Crippen LogP contribution in [0.15, 0.2) is 17.1 Å². The molecule has 0 aliphatic carbocycles. The van der Waals surface area contributed by atoms with Crippen LogP contribution in [0.2, 0.25) is 0 Å². The molecule has 0 spiro atoms. The van der Waals surface area contributed by atoms with Crippen molar-refractivity contribution in [2.45, 2.75) is 96.8 Å². The Bertz CT molecular complexity index is 273. The average molecular weight is 334 g/mol. The molecule has 0 radical (unpaired) electrons. The molecule has 0 aliphatic rings. The molecule has 0 fully saturated rings. The van der Waals surface area contributed by atoms with Gasteiger partial charge in [-0.2, -0.15) is 0 Å². The molecule has 0 aromatic heterocycles. The predicted molar refractivity (Wildman–Crippen MR) is 106 cm³/mol. The van der Waals surface area contributed by atoms with Gasteiger partial charge in [0.25, 0.3) is 0 Å². The van der Waals surface area contributed by atoms with Crippen molar-refractivity contribution in [2.75, 3.05) is 6.54 Å². The van der Waals surface area contributed by atoms with Crippen molar-refractivity contribution in [3.05, 3.63) is 12.2 Å². The SMILES string of the molecule is CCCCCCCC/C=C\CCCCCCCCN=C=S.[NaH]. The fourth-order valence-corrected chi connectivity index (χ4v) is 2.58. The molecule has 0 aromatic rings. The Balaban J connectivity index is 0. The van der Waals surface area contributed by atoms with E-state index in [0.29, 0.717) is 0 Å². The van der Waals surface area contributed by atoms with Gasteiger partial charge < -0.3 is 0 Å². The summed E-state index contributed by atoms with van der Waals surface area (Å²) in [6.07, 6.45) is 23.6. The number of thiocarbonyl (C=S) groups is 1. The summed E-state index contributed by atoms with van der Waals surface area (Å²) in [5.74, 6) is 0. The van der Waals surface area contributed by atoms with E-state index in [1.54, 1.807) is 0 Å². The van der Waals surface area contributed by atoms with Crippen LogP contribution in [0.25, 0.3) is 0 Å². The summed E-state index contributed by atoms with van der Waals surface area (Å²) in [4.78, 5) is 3.93. The molecule has 0 aliphatic heterocycles. The van der Waals surface area contributed by atoms with E-state index in [-0.39, 0.29) is 29.6 Å². The third-order valence-electron chi connectivity index (χ3n) is 3.85. The van der Waals surface area contributed by atoms with Crippen molar-refractivity contribution in [2.24, 2.45) is 4.99 Å². The molecule has 0 N–H and O–H groups in total. The number of rotatable bonds is 16. The van der Waals surface area contributed by atoms with Crippen molar-refractivity contribution in [3.8, 4) is 0 Å². The third kappa shape index (κ3) is 22.8. The Kier molecular flexibility index (Phi) is 26.8. The van der Waals surface area contributed by atoms with Crippen LogP contribution in [0, 0.1) is 0 Å². The molecule has 0 heterocycles. The number of hydrogen-bond donors (Lipinski definition) is 0. The van der Waals surface area contributed by atoms with Crippen LogP contribution in [0.4, 0.5) is 0 Å². The monoisotopic (exact) mass is 333 g/mol. The van der Waals surface area contributed by atoms with Crippen molar-refractivity contribution in [3.63, 3.8) is 0 Å². The minimum atomic E-state index is 0. The molecule has 0 rings (SSSR count). The van der Waals surface area contributed by atoms with Crippen LogP contribution in [-0.2, 0) is 0 Å². The molecule has 124 valence electrons. The first-order valence-electron chi connectivity index (χ1n) is 9.10. The van der Waals surface area contributed by atoms with Crippen LogP contribution in [0.3, 0.4) is 0 Å². The Morgan fingerprint density at radius 1 is 0.727 bits per heavy atom. The number of unbranched alkanes of at least 4 members (excludes halogenated alkanes) is 12. The quantitative estimate of drug-likeness (QED) is 0.103. The molecule has 0 amide bonds. The zero-order valence-corrected chi connectivity index (χ0v) is 14.9. The van der Waals surface area contributed by atoms with Gasteiger partial charge in [0.2, 0.25) is 0 Å². The molecular weight excluding hydrogens is 297 g/mol. The van der Waals surface area contributed by atoms with E-state index in [1.165, 1.54) is 89.9 Å². The molecular formula is C19H36NNaS. The summed E-state index contributed by atoms with van der Waals surface area (Å²) in [6.45, 7) is 3.14. The minimum absolute atomic E-state index is 0. The van der Waals surface area contributed by atoms with E-state index in [2.05, 4.69) is 41.4 Å². The Labute approximate surface area is 166 Å². The first-order chi connectivity index (χ1) is 10.4. The molecule has 0 unspecified atom stereocenters. The van der Waals surface area contributed by atoms with Gasteiger partial charge in [-0.25, -0.2) is 4.99 Å². The summed E-state index contributed by atoms with van der Waals surface area (Å²) in [7, 11) is 0. The van der Waals surface area contributed by atoms with Gasteiger partial charge in [0, 0.05) is 6.54 Å². The van der Waals surface area contributed by atoms with Gasteiger partial charge in [-0.1, -0.05) is 76.9 Å². The zero-order valence-electron chi connectivity index (χ0n) is 14.1. The van der Waals surface area contributed by atoms with Crippen molar-refractivity contribution in [1.29, 1.82) is 0 Å². The van der Waals surface area contributed by atoms with Gasteiger partial charge in [-0.15, -0.1) is 0 Å². The van der Waals surface area contributed by atoms with Crippen molar-refractivity contribution >= 4 is 46.9 Å². The molecule has 3 heteroatoms. The van der Waals surface area contributed by atoms with Crippen LogP contribution < -0.4 is 0 Å². The normalized spacial score (nSPS) is 10.4. The summed E-state index contributed by atoms with van der Waals surface area (Å²) in [6, 6.07) is 0. The number of aliphatic imine (C=N–C) groups is 1. The summed E-state index contributed by atoms with van der Waals surface area (Å²) in [5.41, 5.74) is 0. The van der Waals surface area contributed by atoms with Gasteiger partial charge in [0.05, 0.1) is 5.16 Å². The van der Waals surface area contributed by atoms with Gasteiger partial charge in [0.15, 0.2) is 0 Å². The maximum atomic E-state index is 4.54. The number of nitrogens with zero attached hydrogens (tertiary/aromatic N) is 1. The van der Waals surface area contributed by atoms with E-state index in [4.69, 9.17) is 0 Å². The summed E-state index contributed by atoms with van der Waals surface area (Å²) >= 11 is 4.54. The standard InChI is InChI=1S/C19H35NS.Na.H/c1-2-3-4-5-6-7-8-9-10-11-12-13-14-15-16-17-18-20-19-21;;/h9-10H,2-8,11-18H2,1H3;;/b10-9-;;.